The number of nitrogens with two attached hydrogens (primary N) is 1. The highest BCUT2D eigenvalue weighted by atomic mass is 35.5. The van der Waals surface area contributed by atoms with E-state index in [2.05, 4.69) is 4.98 Å². The van der Waals surface area contributed by atoms with Gasteiger partial charge in [0.25, 0.3) is 0 Å². The third-order valence-corrected chi connectivity index (χ3v) is 1.60. The Kier molecular flexibility index (Phi) is 11.0. The minimum absolute atomic E-state index is 0. The van der Waals surface area contributed by atoms with Crippen LogP contribution >= 0.6 is 37.2 Å². The third-order valence-electron chi connectivity index (χ3n) is 1.60. The van der Waals surface area contributed by atoms with Crippen LogP contribution in [0, 0.1) is 6.92 Å². The summed E-state index contributed by atoms with van der Waals surface area (Å²) in [4.78, 5) is 6.09. The van der Waals surface area contributed by atoms with Crippen molar-refractivity contribution < 1.29 is 0 Å². The maximum Gasteiger partial charge on any atom is 0.128 e. The second-order valence-corrected chi connectivity index (χ2v) is 2.79. The molecule has 0 unspecified atom stereocenters. The first-order chi connectivity index (χ1) is 5.11. The van der Waals surface area contributed by atoms with Gasteiger partial charge < -0.3 is 10.6 Å². The number of nitrogens with zero attached hydrogens (tertiary/aromatic N) is 2. The molecule has 6 heteroatoms. The molecule has 0 saturated carbocycles. The van der Waals surface area contributed by atoms with E-state index in [1.54, 1.807) is 6.20 Å². The molecule has 0 atom stereocenters. The molecule has 0 radical (unpaired) electrons. The Morgan fingerprint density at radius 3 is 2.07 bits per heavy atom. The van der Waals surface area contributed by atoms with Crippen LogP contribution in [-0.4, -0.2) is 19.1 Å². The van der Waals surface area contributed by atoms with Crippen molar-refractivity contribution in [3.8, 4) is 0 Å². The Balaban J connectivity index is -0.000000403. The maximum atomic E-state index is 5.61. The first-order valence-electron chi connectivity index (χ1n) is 3.50. The van der Waals surface area contributed by atoms with Crippen LogP contribution in [0.25, 0.3) is 0 Å². The summed E-state index contributed by atoms with van der Waals surface area (Å²) < 4.78 is 0. The molecule has 1 aromatic rings. The van der Waals surface area contributed by atoms with E-state index in [0.717, 1.165) is 17.1 Å². The monoisotopic (exact) mass is 259 g/mol. The van der Waals surface area contributed by atoms with Gasteiger partial charge in [0.2, 0.25) is 0 Å². The largest absolute Gasteiger partial charge is 0.397 e. The van der Waals surface area contributed by atoms with Crippen LogP contribution in [-0.2, 0) is 0 Å². The fourth-order valence-corrected chi connectivity index (χ4v) is 0.796. The minimum Gasteiger partial charge on any atom is -0.397 e. The average Bonchev–Trinajstić information content (AvgIpc) is 1.94. The van der Waals surface area contributed by atoms with Crippen LogP contribution in [0.15, 0.2) is 12.3 Å². The van der Waals surface area contributed by atoms with E-state index < -0.39 is 0 Å². The lowest BCUT2D eigenvalue weighted by atomic mass is 10.2. The van der Waals surface area contributed by atoms with Gasteiger partial charge in [0.1, 0.15) is 5.82 Å². The molecule has 1 heterocycles. The lowest BCUT2D eigenvalue weighted by Gasteiger charge is -2.11. The third kappa shape index (κ3) is 4.74. The van der Waals surface area contributed by atoms with Gasteiger partial charge in [0, 0.05) is 14.1 Å². The van der Waals surface area contributed by atoms with Gasteiger partial charge in [-0.2, -0.15) is 0 Å². The first-order valence-corrected chi connectivity index (χ1v) is 3.50. The van der Waals surface area contributed by atoms with E-state index in [-0.39, 0.29) is 37.2 Å². The standard InChI is InChI=1S/C8H13N3.3ClH/c1-6-4-8(11(2)3)10-5-7(6)9;;;/h4-5H,9H2,1-3H3;3*1H. The molecule has 0 aliphatic rings. The molecule has 0 aromatic carbocycles. The van der Waals surface area contributed by atoms with Crippen LogP contribution in [0.4, 0.5) is 11.5 Å². The smallest absolute Gasteiger partial charge is 0.128 e. The van der Waals surface area contributed by atoms with Crippen molar-refractivity contribution in [3.63, 3.8) is 0 Å². The molecule has 0 aliphatic heterocycles. The molecular formula is C8H16Cl3N3. The number of nitrogen functional groups attached to an aromatic ring is 1. The summed E-state index contributed by atoms with van der Waals surface area (Å²) in [6, 6.07) is 1.97. The molecule has 0 spiro atoms. The second-order valence-electron chi connectivity index (χ2n) is 2.79. The number of hydrogen-bond acceptors (Lipinski definition) is 3. The lowest BCUT2D eigenvalue weighted by Crippen LogP contribution is -2.10. The van der Waals surface area contributed by atoms with Crippen molar-refractivity contribution in [3.05, 3.63) is 17.8 Å². The zero-order valence-electron chi connectivity index (χ0n) is 8.35. The van der Waals surface area contributed by atoms with E-state index in [4.69, 9.17) is 5.73 Å². The molecule has 0 fully saturated rings. The predicted molar refractivity (Wildman–Crippen MR) is 69.5 cm³/mol. The van der Waals surface area contributed by atoms with Crippen molar-refractivity contribution in [2.75, 3.05) is 24.7 Å². The summed E-state index contributed by atoms with van der Waals surface area (Å²) in [5.74, 6) is 0.941. The van der Waals surface area contributed by atoms with Gasteiger partial charge in [-0.25, -0.2) is 4.98 Å². The quantitative estimate of drug-likeness (QED) is 0.842. The molecule has 84 valence electrons. The zero-order valence-corrected chi connectivity index (χ0v) is 10.8. The molecule has 1 aromatic heterocycles. The molecular weight excluding hydrogens is 244 g/mol. The summed E-state index contributed by atoms with van der Waals surface area (Å²) in [5, 5.41) is 0. The molecule has 1 rings (SSSR count). The van der Waals surface area contributed by atoms with Crippen LogP contribution in [0.3, 0.4) is 0 Å². The Morgan fingerprint density at radius 2 is 1.71 bits per heavy atom. The van der Waals surface area contributed by atoms with E-state index >= 15 is 0 Å². The first kappa shape index (κ1) is 19.2. The fourth-order valence-electron chi connectivity index (χ4n) is 0.796. The van der Waals surface area contributed by atoms with Gasteiger partial charge in [-0.1, -0.05) is 0 Å². The van der Waals surface area contributed by atoms with Crippen molar-refractivity contribution in [2.24, 2.45) is 0 Å². The van der Waals surface area contributed by atoms with Crippen molar-refractivity contribution in [2.45, 2.75) is 6.92 Å². The lowest BCUT2D eigenvalue weighted by molar-refractivity contribution is 1.06. The molecule has 2 N–H and O–H groups in total. The van der Waals surface area contributed by atoms with Gasteiger partial charge in [0.15, 0.2) is 0 Å². The summed E-state index contributed by atoms with van der Waals surface area (Å²) in [5.41, 5.74) is 7.43. The van der Waals surface area contributed by atoms with Crippen molar-refractivity contribution in [1.29, 1.82) is 0 Å². The molecule has 0 aliphatic carbocycles. The molecule has 0 bridgehead atoms. The average molecular weight is 261 g/mol. The van der Waals surface area contributed by atoms with E-state index in [1.807, 2.05) is 32.0 Å². The van der Waals surface area contributed by atoms with E-state index in [0.29, 0.717) is 0 Å². The highest BCUT2D eigenvalue weighted by Gasteiger charge is 1.98. The molecule has 3 nitrogen and oxygen atoms in total. The second kappa shape index (κ2) is 7.97. The molecule has 0 saturated heterocycles. The Labute approximate surface area is 103 Å². The summed E-state index contributed by atoms with van der Waals surface area (Å²) in [6.45, 7) is 1.98. The summed E-state index contributed by atoms with van der Waals surface area (Å²) >= 11 is 0. The van der Waals surface area contributed by atoms with Crippen molar-refractivity contribution in [1.82, 2.24) is 4.98 Å². The van der Waals surface area contributed by atoms with E-state index in [9.17, 15) is 0 Å². The molecule has 14 heavy (non-hydrogen) atoms. The van der Waals surface area contributed by atoms with E-state index in [1.165, 1.54) is 0 Å². The zero-order chi connectivity index (χ0) is 8.43. The van der Waals surface area contributed by atoms with Gasteiger partial charge >= 0.3 is 0 Å². The number of aromatic nitrogens is 1. The topological polar surface area (TPSA) is 42.2 Å². The van der Waals surface area contributed by atoms with Gasteiger partial charge in [-0.05, 0) is 18.6 Å². The Morgan fingerprint density at radius 1 is 1.21 bits per heavy atom. The van der Waals surface area contributed by atoms with Crippen LogP contribution in [0.5, 0.6) is 0 Å². The SMILES string of the molecule is Cc1cc(N(C)C)ncc1N.Cl.Cl.Cl. The molecule has 0 amide bonds. The normalized spacial score (nSPS) is 7.64. The number of anilines is 2. The summed E-state index contributed by atoms with van der Waals surface area (Å²) in [6.07, 6.45) is 1.69. The number of hydrogen-bond donors (Lipinski definition) is 1. The summed E-state index contributed by atoms with van der Waals surface area (Å²) in [7, 11) is 3.91. The Bertz CT molecular complexity index is 266. The fraction of sp³-hybridized carbons (Fsp3) is 0.375. The maximum absolute atomic E-state index is 5.61. The van der Waals surface area contributed by atoms with Gasteiger partial charge in [-0.15, -0.1) is 37.2 Å². The Hall–Kier alpha value is -0.380. The van der Waals surface area contributed by atoms with Gasteiger partial charge in [0.05, 0.1) is 11.9 Å². The minimum atomic E-state index is 0. The number of aryl methyl sites for hydroxylation is 1. The van der Waals surface area contributed by atoms with Crippen LogP contribution in [0.1, 0.15) is 5.56 Å². The van der Waals surface area contributed by atoms with Crippen molar-refractivity contribution >= 4 is 48.7 Å². The highest BCUT2D eigenvalue weighted by molar-refractivity contribution is 5.86. The highest BCUT2D eigenvalue weighted by Crippen LogP contribution is 2.14. The predicted octanol–water partition coefficient (Wildman–Crippen LogP) is 2.30. The van der Waals surface area contributed by atoms with Crippen LogP contribution in [0.2, 0.25) is 0 Å². The van der Waals surface area contributed by atoms with Gasteiger partial charge in [-0.3, -0.25) is 0 Å². The van der Waals surface area contributed by atoms with Crippen LogP contribution < -0.4 is 10.6 Å². The number of pyridine rings is 1. The number of halogens is 3. The number of rotatable bonds is 1.